The van der Waals surface area contributed by atoms with Gasteiger partial charge in [0.1, 0.15) is 0 Å². The SMILES string of the molecule is COc1ccc(C=NN2CCN(C3Cc4cc(Cl)ccc4Sc4ccccc43)CC2)cc1OC. The zero-order valence-electron chi connectivity index (χ0n) is 19.4. The molecule has 1 unspecified atom stereocenters. The third-order valence-corrected chi connectivity index (χ3v) is 7.89. The summed E-state index contributed by atoms with van der Waals surface area (Å²) in [5.41, 5.74) is 3.72. The maximum atomic E-state index is 6.35. The molecule has 0 aliphatic carbocycles. The Labute approximate surface area is 210 Å². The molecule has 1 fully saturated rings. The van der Waals surface area contributed by atoms with Crippen molar-refractivity contribution < 1.29 is 9.47 Å². The first-order valence-corrected chi connectivity index (χ1v) is 12.6. The number of fused-ring (bicyclic) bond motifs is 2. The van der Waals surface area contributed by atoms with Gasteiger partial charge in [-0.2, -0.15) is 5.10 Å². The number of rotatable bonds is 5. The van der Waals surface area contributed by atoms with Crippen LogP contribution in [0.3, 0.4) is 0 Å². The van der Waals surface area contributed by atoms with Crippen LogP contribution in [0.25, 0.3) is 0 Å². The van der Waals surface area contributed by atoms with E-state index in [4.69, 9.17) is 26.2 Å². The van der Waals surface area contributed by atoms with Gasteiger partial charge in [0.2, 0.25) is 0 Å². The van der Waals surface area contributed by atoms with Crippen molar-refractivity contribution in [3.8, 4) is 11.5 Å². The van der Waals surface area contributed by atoms with Crippen LogP contribution in [-0.4, -0.2) is 56.5 Å². The largest absolute Gasteiger partial charge is 0.493 e. The van der Waals surface area contributed by atoms with Crippen LogP contribution in [0.15, 0.2) is 75.6 Å². The summed E-state index contributed by atoms with van der Waals surface area (Å²) in [7, 11) is 3.29. The van der Waals surface area contributed by atoms with Gasteiger partial charge in [-0.3, -0.25) is 9.91 Å². The number of methoxy groups -OCH3 is 2. The van der Waals surface area contributed by atoms with E-state index in [0.717, 1.165) is 48.9 Å². The molecule has 0 saturated carbocycles. The summed E-state index contributed by atoms with van der Waals surface area (Å²) in [5.74, 6) is 1.43. The van der Waals surface area contributed by atoms with E-state index in [0.29, 0.717) is 11.8 Å². The van der Waals surface area contributed by atoms with Crippen molar-refractivity contribution in [2.24, 2.45) is 5.10 Å². The third-order valence-electron chi connectivity index (χ3n) is 6.44. The number of benzene rings is 3. The Morgan fingerprint density at radius 2 is 1.71 bits per heavy atom. The van der Waals surface area contributed by atoms with Gasteiger partial charge in [0, 0.05) is 47.0 Å². The second-order valence-corrected chi connectivity index (χ2v) is 9.98. The molecule has 3 aromatic rings. The van der Waals surface area contributed by atoms with Gasteiger partial charge in [-0.1, -0.05) is 41.6 Å². The number of halogens is 1. The highest BCUT2D eigenvalue weighted by molar-refractivity contribution is 7.99. The van der Waals surface area contributed by atoms with E-state index in [1.54, 1.807) is 14.2 Å². The number of hydrogen-bond acceptors (Lipinski definition) is 6. The molecule has 34 heavy (non-hydrogen) atoms. The van der Waals surface area contributed by atoms with Gasteiger partial charge in [0.05, 0.1) is 20.4 Å². The quantitative estimate of drug-likeness (QED) is 0.422. The molecular weight excluding hydrogens is 466 g/mol. The standard InChI is InChI=1S/C27H28ClN3O2S/c1-32-24-9-7-19(15-25(24)33-2)18-29-31-13-11-30(12-14-31)23-17-20-16-21(28)8-10-26(20)34-27-6-4-3-5-22(23)27/h3-10,15-16,18,23H,11-14,17H2,1-2H3. The van der Waals surface area contributed by atoms with Crippen molar-refractivity contribution >= 4 is 29.6 Å². The monoisotopic (exact) mass is 493 g/mol. The van der Waals surface area contributed by atoms with E-state index in [1.807, 2.05) is 42.2 Å². The average molecular weight is 494 g/mol. The number of ether oxygens (including phenoxy) is 2. The van der Waals surface area contributed by atoms with E-state index in [2.05, 4.69) is 46.3 Å². The number of piperazine rings is 1. The molecule has 176 valence electrons. The lowest BCUT2D eigenvalue weighted by Crippen LogP contribution is -2.46. The highest BCUT2D eigenvalue weighted by Gasteiger charge is 2.29. The summed E-state index contributed by atoms with van der Waals surface area (Å²) in [6.07, 6.45) is 2.86. The topological polar surface area (TPSA) is 37.3 Å². The van der Waals surface area contributed by atoms with Gasteiger partial charge in [-0.25, -0.2) is 0 Å². The molecule has 0 aromatic heterocycles. The van der Waals surface area contributed by atoms with E-state index in [9.17, 15) is 0 Å². The van der Waals surface area contributed by atoms with Crippen molar-refractivity contribution in [1.29, 1.82) is 0 Å². The zero-order valence-corrected chi connectivity index (χ0v) is 21.0. The summed E-state index contributed by atoms with van der Waals surface area (Å²) in [5, 5.41) is 7.69. The Balaban J connectivity index is 1.30. The highest BCUT2D eigenvalue weighted by Crippen LogP contribution is 2.43. The smallest absolute Gasteiger partial charge is 0.161 e. The predicted octanol–water partition coefficient (Wildman–Crippen LogP) is 5.76. The molecule has 0 amide bonds. The summed E-state index contributed by atoms with van der Waals surface area (Å²) >= 11 is 8.21. The molecule has 3 aromatic carbocycles. The summed E-state index contributed by atoms with van der Waals surface area (Å²) in [6.45, 7) is 3.70. The Morgan fingerprint density at radius 1 is 0.912 bits per heavy atom. The van der Waals surface area contributed by atoms with Crippen LogP contribution in [0.5, 0.6) is 11.5 Å². The lowest BCUT2D eigenvalue weighted by molar-refractivity contribution is 0.0970. The summed E-state index contributed by atoms with van der Waals surface area (Å²) < 4.78 is 10.7. The first-order valence-electron chi connectivity index (χ1n) is 11.4. The fraction of sp³-hybridized carbons (Fsp3) is 0.296. The normalized spacial score (nSPS) is 18.3. The van der Waals surface area contributed by atoms with E-state index in [-0.39, 0.29) is 0 Å². The second-order valence-electron chi connectivity index (χ2n) is 8.46. The van der Waals surface area contributed by atoms with Crippen LogP contribution in [-0.2, 0) is 6.42 Å². The first kappa shape index (κ1) is 23.1. The van der Waals surface area contributed by atoms with Gasteiger partial charge in [-0.15, -0.1) is 0 Å². The minimum atomic E-state index is 0.334. The molecule has 2 heterocycles. The molecule has 7 heteroatoms. The lowest BCUT2D eigenvalue weighted by atomic mass is 9.97. The summed E-state index contributed by atoms with van der Waals surface area (Å²) in [6, 6.07) is 21.3. The number of nitrogens with zero attached hydrogens (tertiary/aromatic N) is 3. The maximum Gasteiger partial charge on any atom is 0.161 e. The van der Waals surface area contributed by atoms with Crippen LogP contribution in [0.4, 0.5) is 0 Å². The van der Waals surface area contributed by atoms with Crippen LogP contribution < -0.4 is 9.47 Å². The van der Waals surface area contributed by atoms with Gasteiger partial charge < -0.3 is 9.47 Å². The van der Waals surface area contributed by atoms with Crippen molar-refractivity contribution in [1.82, 2.24) is 9.91 Å². The fourth-order valence-electron chi connectivity index (χ4n) is 4.64. The summed E-state index contributed by atoms with van der Waals surface area (Å²) in [4.78, 5) is 5.23. The van der Waals surface area contributed by atoms with E-state index in [1.165, 1.54) is 20.9 Å². The zero-order chi connectivity index (χ0) is 23.5. The highest BCUT2D eigenvalue weighted by atomic mass is 35.5. The van der Waals surface area contributed by atoms with Crippen LogP contribution in [0, 0.1) is 0 Å². The fourth-order valence-corrected chi connectivity index (χ4v) is 5.95. The average Bonchev–Trinajstić information content (AvgIpc) is 3.04. The van der Waals surface area contributed by atoms with Gasteiger partial charge in [-0.05, 0) is 65.6 Å². The molecule has 5 rings (SSSR count). The van der Waals surface area contributed by atoms with Gasteiger partial charge >= 0.3 is 0 Å². The Kier molecular flexibility index (Phi) is 6.99. The van der Waals surface area contributed by atoms with E-state index < -0.39 is 0 Å². The maximum absolute atomic E-state index is 6.35. The van der Waals surface area contributed by atoms with Crippen LogP contribution >= 0.6 is 23.4 Å². The van der Waals surface area contributed by atoms with Crippen molar-refractivity contribution in [2.45, 2.75) is 22.3 Å². The molecular formula is C27H28ClN3O2S. The van der Waals surface area contributed by atoms with Crippen molar-refractivity contribution in [3.63, 3.8) is 0 Å². The van der Waals surface area contributed by atoms with Gasteiger partial charge in [0.15, 0.2) is 11.5 Å². The van der Waals surface area contributed by atoms with Crippen molar-refractivity contribution in [2.75, 3.05) is 40.4 Å². The Morgan fingerprint density at radius 3 is 2.50 bits per heavy atom. The number of hydrogen-bond donors (Lipinski definition) is 0. The molecule has 1 atom stereocenters. The molecule has 0 N–H and O–H groups in total. The lowest BCUT2D eigenvalue weighted by Gasteiger charge is -2.38. The minimum Gasteiger partial charge on any atom is -0.493 e. The number of hydrazone groups is 1. The molecule has 5 nitrogen and oxygen atoms in total. The molecule has 2 aliphatic heterocycles. The molecule has 1 saturated heterocycles. The van der Waals surface area contributed by atoms with Crippen LogP contribution in [0.1, 0.15) is 22.7 Å². The van der Waals surface area contributed by atoms with Gasteiger partial charge in [0.25, 0.3) is 0 Å². The van der Waals surface area contributed by atoms with Crippen LogP contribution in [0.2, 0.25) is 5.02 Å². The predicted molar refractivity (Wildman–Crippen MR) is 139 cm³/mol. The molecule has 0 bridgehead atoms. The second kappa shape index (κ2) is 10.3. The van der Waals surface area contributed by atoms with Crippen molar-refractivity contribution in [3.05, 3.63) is 82.4 Å². The Bertz CT molecular complexity index is 1190. The Hall–Kier alpha value is -2.67. The molecule has 2 aliphatic rings. The third kappa shape index (κ3) is 4.90. The minimum absolute atomic E-state index is 0.334. The first-order chi connectivity index (χ1) is 16.6. The molecule has 0 radical (unpaired) electrons. The van der Waals surface area contributed by atoms with E-state index >= 15 is 0 Å². The molecule has 0 spiro atoms.